The molecule has 2 atom stereocenters. The van der Waals surface area contributed by atoms with Gasteiger partial charge in [-0.05, 0) is 6.07 Å². The summed E-state index contributed by atoms with van der Waals surface area (Å²) in [5.41, 5.74) is 1.46. The summed E-state index contributed by atoms with van der Waals surface area (Å²) in [5.74, 6) is -0.133. The highest BCUT2D eigenvalue weighted by Crippen LogP contribution is 2.39. The maximum Gasteiger partial charge on any atom is 0.226 e. The third kappa shape index (κ3) is 1.42. The molecular weight excluding hydrogens is 194 g/mol. The molecule has 1 heterocycles. The minimum atomic E-state index is -0.768. The monoisotopic (exact) mass is 207 g/mol. The van der Waals surface area contributed by atoms with E-state index in [1.165, 1.54) is 18.9 Å². The second-order valence-corrected chi connectivity index (χ2v) is 3.52. The Labute approximate surface area is 88.1 Å². The molecule has 0 aliphatic carbocycles. The van der Waals surface area contributed by atoms with Crippen molar-refractivity contribution >= 4 is 11.6 Å². The lowest BCUT2D eigenvalue weighted by atomic mass is 10.1. The smallest absolute Gasteiger partial charge is 0.226 e. The van der Waals surface area contributed by atoms with Gasteiger partial charge in [0.15, 0.2) is 6.23 Å². The molecule has 0 radical (unpaired) electrons. The molecule has 0 spiro atoms. The second kappa shape index (κ2) is 3.64. The Morgan fingerprint density at radius 1 is 1.47 bits per heavy atom. The van der Waals surface area contributed by atoms with E-state index in [2.05, 4.69) is 0 Å². The van der Waals surface area contributed by atoms with E-state index in [9.17, 15) is 9.90 Å². The summed E-state index contributed by atoms with van der Waals surface area (Å²) in [6, 6.07) is 7.27. The van der Waals surface area contributed by atoms with Crippen LogP contribution in [-0.4, -0.2) is 24.4 Å². The molecule has 0 saturated heterocycles. The first-order valence-corrected chi connectivity index (χ1v) is 4.76. The van der Waals surface area contributed by atoms with Crippen LogP contribution in [0.25, 0.3) is 0 Å². The van der Waals surface area contributed by atoms with E-state index in [4.69, 9.17) is 4.74 Å². The molecule has 1 aromatic carbocycles. The molecule has 1 amide bonds. The van der Waals surface area contributed by atoms with Crippen molar-refractivity contribution in [1.82, 2.24) is 0 Å². The van der Waals surface area contributed by atoms with Crippen molar-refractivity contribution in [2.75, 3.05) is 12.0 Å². The third-order valence-corrected chi connectivity index (χ3v) is 2.62. The summed E-state index contributed by atoms with van der Waals surface area (Å²) >= 11 is 0. The minimum absolute atomic E-state index is 0.133. The first-order valence-electron chi connectivity index (χ1n) is 4.76. The van der Waals surface area contributed by atoms with Crippen LogP contribution >= 0.6 is 0 Å². The van der Waals surface area contributed by atoms with Crippen molar-refractivity contribution in [2.45, 2.75) is 19.3 Å². The summed E-state index contributed by atoms with van der Waals surface area (Å²) in [6.07, 6.45) is -1.38. The van der Waals surface area contributed by atoms with E-state index in [0.717, 1.165) is 11.3 Å². The fourth-order valence-corrected chi connectivity index (χ4v) is 1.97. The molecule has 80 valence electrons. The van der Waals surface area contributed by atoms with Crippen LogP contribution in [0.15, 0.2) is 24.3 Å². The van der Waals surface area contributed by atoms with Crippen LogP contribution < -0.4 is 4.90 Å². The zero-order valence-electron chi connectivity index (χ0n) is 8.68. The number of anilines is 1. The maximum atomic E-state index is 11.5. The summed E-state index contributed by atoms with van der Waals surface area (Å²) in [4.78, 5) is 12.9. The Kier molecular flexibility index (Phi) is 2.46. The molecule has 1 N–H and O–H groups in total. The van der Waals surface area contributed by atoms with E-state index in [0.29, 0.717) is 0 Å². The van der Waals surface area contributed by atoms with Crippen molar-refractivity contribution in [3.05, 3.63) is 29.8 Å². The van der Waals surface area contributed by atoms with Gasteiger partial charge in [0.05, 0.1) is 5.69 Å². The van der Waals surface area contributed by atoms with Crippen molar-refractivity contribution in [3.63, 3.8) is 0 Å². The second-order valence-electron chi connectivity index (χ2n) is 3.52. The molecule has 4 nitrogen and oxygen atoms in total. The summed E-state index contributed by atoms with van der Waals surface area (Å²) in [5, 5.41) is 9.94. The first-order chi connectivity index (χ1) is 7.16. The largest absolute Gasteiger partial charge is 0.384 e. The van der Waals surface area contributed by atoms with E-state index >= 15 is 0 Å². The number of benzene rings is 1. The Balaban J connectivity index is 2.50. The van der Waals surface area contributed by atoms with Gasteiger partial charge in [-0.1, -0.05) is 18.2 Å². The van der Waals surface area contributed by atoms with Gasteiger partial charge in [-0.15, -0.1) is 0 Å². The predicted molar refractivity (Wildman–Crippen MR) is 55.4 cm³/mol. The molecule has 1 aliphatic heterocycles. The fraction of sp³-hybridized carbons (Fsp3) is 0.364. The van der Waals surface area contributed by atoms with Crippen molar-refractivity contribution < 1.29 is 14.6 Å². The average molecular weight is 207 g/mol. The number of amides is 1. The van der Waals surface area contributed by atoms with Crippen LogP contribution in [0.3, 0.4) is 0 Å². The number of para-hydroxylation sites is 1. The van der Waals surface area contributed by atoms with Gasteiger partial charge < -0.3 is 9.84 Å². The number of fused-ring (bicyclic) bond motifs is 1. The number of carbonyl (C=O) groups excluding carboxylic acids is 1. The number of nitrogens with zero attached hydrogens (tertiary/aromatic N) is 1. The number of ether oxygens (including phenoxy) is 1. The first kappa shape index (κ1) is 10.1. The number of carbonyl (C=O) groups is 1. The van der Waals surface area contributed by atoms with E-state index in [1.807, 2.05) is 12.1 Å². The Morgan fingerprint density at radius 3 is 2.73 bits per heavy atom. The average Bonchev–Trinajstić information content (AvgIpc) is 2.52. The highest BCUT2D eigenvalue weighted by atomic mass is 16.5. The predicted octanol–water partition coefficient (Wildman–Crippen LogP) is 1.06. The topological polar surface area (TPSA) is 49.8 Å². The molecule has 0 fully saturated rings. The number of methoxy groups -OCH3 is 1. The maximum absolute atomic E-state index is 11.5. The van der Waals surface area contributed by atoms with Crippen LogP contribution in [0, 0.1) is 0 Å². The van der Waals surface area contributed by atoms with Crippen LogP contribution in [-0.2, 0) is 9.53 Å². The Bertz CT molecular complexity index is 391. The fourth-order valence-electron chi connectivity index (χ4n) is 1.97. The number of rotatable bonds is 1. The molecule has 0 bridgehead atoms. The van der Waals surface area contributed by atoms with Crippen molar-refractivity contribution in [1.29, 1.82) is 0 Å². The van der Waals surface area contributed by atoms with Crippen LogP contribution in [0.5, 0.6) is 0 Å². The van der Waals surface area contributed by atoms with E-state index < -0.39 is 12.3 Å². The van der Waals surface area contributed by atoms with Crippen LogP contribution in [0.1, 0.15) is 18.6 Å². The van der Waals surface area contributed by atoms with Crippen molar-refractivity contribution in [3.8, 4) is 0 Å². The molecule has 0 aromatic heterocycles. The lowest BCUT2D eigenvalue weighted by Crippen LogP contribution is -2.39. The van der Waals surface area contributed by atoms with E-state index in [-0.39, 0.29) is 5.91 Å². The number of aliphatic hydroxyl groups excluding tert-OH is 1. The highest BCUT2D eigenvalue weighted by Gasteiger charge is 2.39. The molecular formula is C11H13NO3. The van der Waals surface area contributed by atoms with Gasteiger partial charge in [-0.25, -0.2) is 0 Å². The highest BCUT2D eigenvalue weighted by molar-refractivity contribution is 5.94. The van der Waals surface area contributed by atoms with Gasteiger partial charge in [-0.3, -0.25) is 9.69 Å². The van der Waals surface area contributed by atoms with Gasteiger partial charge in [0, 0.05) is 19.6 Å². The van der Waals surface area contributed by atoms with Crippen molar-refractivity contribution in [2.24, 2.45) is 0 Å². The standard InChI is InChI=1S/C11H13NO3/c1-7(13)12-9-6-4-3-5-8(9)10(14)11(12)15-2/h3-6,10-11,14H,1-2H3/t10-,11+/m0/s1. The van der Waals surface area contributed by atoms with Gasteiger partial charge in [0.1, 0.15) is 6.10 Å². The lowest BCUT2D eigenvalue weighted by molar-refractivity contribution is -0.120. The molecule has 0 saturated carbocycles. The Morgan fingerprint density at radius 2 is 2.13 bits per heavy atom. The quantitative estimate of drug-likeness (QED) is 0.749. The van der Waals surface area contributed by atoms with Gasteiger partial charge in [0.2, 0.25) is 5.91 Å². The Hall–Kier alpha value is -1.39. The van der Waals surface area contributed by atoms with Gasteiger partial charge in [-0.2, -0.15) is 0 Å². The zero-order chi connectivity index (χ0) is 11.0. The van der Waals surface area contributed by atoms with E-state index in [1.54, 1.807) is 12.1 Å². The number of aliphatic hydroxyl groups is 1. The van der Waals surface area contributed by atoms with Gasteiger partial charge >= 0.3 is 0 Å². The third-order valence-electron chi connectivity index (χ3n) is 2.62. The summed E-state index contributed by atoms with van der Waals surface area (Å²) < 4.78 is 5.13. The molecule has 2 rings (SSSR count). The van der Waals surface area contributed by atoms with Crippen LogP contribution in [0.4, 0.5) is 5.69 Å². The normalized spacial score (nSPS) is 24.1. The minimum Gasteiger partial charge on any atom is -0.384 e. The summed E-state index contributed by atoms with van der Waals surface area (Å²) in [6.45, 7) is 1.46. The lowest BCUT2D eigenvalue weighted by Gasteiger charge is -2.23. The number of hydrogen-bond donors (Lipinski definition) is 1. The molecule has 1 aromatic rings. The molecule has 1 aliphatic rings. The summed E-state index contributed by atoms with van der Waals surface area (Å²) in [7, 11) is 1.48. The van der Waals surface area contributed by atoms with Gasteiger partial charge in [0.25, 0.3) is 0 Å². The SMILES string of the molecule is CO[C@@H]1[C@@H](O)c2ccccc2N1C(C)=O. The molecule has 4 heteroatoms. The number of hydrogen-bond acceptors (Lipinski definition) is 3. The van der Waals surface area contributed by atoms with Crippen LogP contribution in [0.2, 0.25) is 0 Å². The zero-order valence-corrected chi connectivity index (χ0v) is 8.68. The molecule has 0 unspecified atom stereocenters. The molecule has 15 heavy (non-hydrogen) atoms.